The van der Waals surface area contributed by atoms with E-state index in [2.05, 4.69) is 52.1 Å². The summed E-state index contributed by atoms with van der Waals surface area (Å²) in [5.74, 6) is 3.15. The molecule has 10 heteroatoms. The third kappa shape index (κ3) is 4.72. The molecule has 9 nitrogen and oxygen atoms in total. The number of rotatable bonds is 7. The van der Waals surface area contributed by atoms with Crippen molar-refractivity contribution >= 4 is 43.9 Å². The van der Waals surface area contributed by atoms with Crippen LogP contribution in [0.2, 0.25) is 0 Å². The zero-order valence-electron chi connectivity index (χ0n) is 21.5. The molecule has 4 heterocycles. The SMILES string of the molecule is CC(C)c1ccc(N2CC(CS(C)(=O)=O)C2)c2cnc(Nc3ccnc(N4C[C@@H]5C[C@H]4C[C@@H]5O)n3)cc12. The predicted octanol–water partition coefficient (Wildman–Crippen LogP) is 3.33. The number of nitrogens with one attached hydrogen (secondary N) is 1. The van der Waals surface area contributed by atoms with Gasteiger partial charge in [0.25, 0.3) is 0 Å². The highest BCUT2D eigenvalue weighted by Crippen LogP contribution is 2.40. The zero-order valence-corrected chi connectivity index (χ0v) is 22.3. The van der Waals surface area contributed by atoms with E-state index >= 15 is 0 Å². The Balaban J connectivity index is 1.25. The lowest BCUT2D eigenvalue weighted by Crippen LogP contribution is -2.49. The average Bonchev–Trinajstić information content (AvgIpc) is 3.40. The molecule has 1 saturated carbocycles. The first-order valence-corrected chi connectivity index (χ1v) is 15.1. The van der Waals surface area contributed by atoms with Crippen molar-refractivity contribution in [3.8, 4) is 0 Å². The fourth-order valence-corrected chi connectivity index (χ4v) is 7.32. The lowest BCUT2D eigenvalue weighted by molar-refractivity contribution is 0.126. The van der Waals surface area contributed by atoms with Crippen molar-refractivity contribution in [2.75, 3.05) is 46.8 Å². The van der Waals surface area contributed by atoms with Gasteiger partial charge in [-0.25, -0.2) is 18.4 Å². The summed E-state index contributed by atoms with van der Waals surface area (Å²) in [5.41, 5.74) is 2.34. The fraction of sp³-hybridized carbons (Fsp3) is 0.519. The van der Waals surface area contributed by atoms with Crippen LogP contribution < -0.4 is 15.1 Å². The topological polar surface area (TPSA) is 112 Å². The minimum absolute atomic E-state index is 0.171. The lowest BCUT2D eigenvalue weighted by Gasteiger charge is -2.41. The van der Waals surface area contributed by atoms with Crippen LogP contribution in [0.5, 0.6) is 0 Å². The minimum atomic E-state index is -2.97. The first-order valence-electron chi connectivity index (χ1n) is 13.0. The van der Waals surface area contributed by atoms with Gasteiger partial charge in [0.05, 0.1) is 11.9 Å². The molecule has 2 aliphatic heterocycles. The molecule has 0 radical (unpaired) electrons. The molecule has 2 bridgehead atoms. The minimum Gasteiger partial charge on any atom is -0.393 e. The van der Waals surface area contributed by atoms with Crippen molar-refractivity contribution in [3.05, 3.63) is 42.2 Å². The monoisotopic (exact) mass is 522 g/mol. The summed E-state index contributed by atoms with van der Waals surface area (Å²) in [7, 11) is -2.97. The second-order valence-electron chi connectivity index (χ2n) is 11.3. The van der Waals surface area contributed by atoms with Gasteiger partial charge < -0.3 is 20.2 Å². The number of fused-ring (bicyclic) bond motifs is 3. The van der Waals surface area contributed by atoms with Crippen molar-refractivity contribution < 1.29 is 13.5 Å². The maximum atomic E-state index is 11.7. The first kappa shape index (κ1) is 24.4. The number of aromatic nitrogens is 3. The molecule has 3 fully saturated rings. The molecule has 196 valence electrons. The highest BCUT2D eigenvalue weighted by Gasteiger charge is 2.44. The van der Waals surface area contributed by atoms with Gasteiger partial charge in [-0.15, -0.1) is 0 Å². The van der Waals surface area contributed by atoms with Crippen molar-refractivity contribution in [2.45, 2.75) is 44.8 Å². The number of aliphatic hydroxyl groups is 1. The molecular weight excluding hydrogens is 488 g/mol. The molecule has 3 aliphatic rings. The molecule has 0 amide bonds. The molecule has 6 rings (SSSR count). The third-order valence-electron chi connectivity index (χ3n) is 8.03. The maximum absolute atomic E-state index is 11.7. The van der Waals surface area contributed by atoms with Crippen LogP contribution in [0.15, 0.2) is 36.7 Å². The van der Waals surface area contributed by atoms with Crippen LogP contribution in [-0.2, 0) is 9.84 Å². The summed E-state index contributed by atoms with van der Waals surface area (Å²) < 4.78 is 23.4. The molecule has 2 saturated heterocycles. The quantitative estimate of drug-likeness (QED) is 0.483. The van der Waals surface area contributed by atoms with Gasteiger partial charge in [0, 0.05) is 67.2 Å². The standard InChI is InChI=1S/C27H34N6O3S/c1-16(2)20-4-5-23(32-12-17(13-32)15-37(3,35)36)22-11-29-26(10-21(20)22)30-25-6-7-28-27(31-25)33-14-18-8-19(33)9-24(18)34/h4-7,10-11,16-19,24,34H,8-9,12-15H2,1-3H3,(H,28,29,30,31)/t18-,19-,24-/m0/s1. The van der Waals surface area contributed by atoms with E-state index in [0.717, 1.165) is 48.9 Å². The second-order valence-corrected chi connectivity index (χ2v) is 13.5. The van der Waals surface area contributed by atoms with Crippen LogP contribution >= 0.6 is 0 Å². The summed E-state index contributed by atoms with van der Waals surface area (Å²) in [4.78, 5) is 18.4. The number of hydrogen-bond acceptors (Lipinski definition) is 9. The van der Waals surface area contributed by atoms with Crippen LogP contribution in [0.3, 0.4) is 0 Å². The van der Waals surface area contributed by atoms with Crippen LogP contribution in [0.4, 0.5) is 23.3 Å². The van der Waals surface area contributed by atoms with E-state index in [1.807, 2.05) is 12.3 Å². The molecule has 2 N–H and O–H groups in total. The van der Waals surface area contributed by atoms with Gasteiger partial charge in [0.1, 0.15) is 21.5 Å². The molecule has 0 unspecified atom stereocenters. The Hall–Kier alpha value is -2.98. The molecular formula is C27H34N6O3S. The van der Waals surface area contributed by atoms with Crippen molar-refractivity contribution in [3.63, 3.8) is 0 Å². The zero-order chi connectivity index (χ0) is 25.9. The van der Waals surface area contributed by atoms with E-state index in [1.54, 1.807) is 6.20 Å². The molecule has 37 heavy (non-hydrogen) atoms. The summed E-state index contributed by atoms with van der Waals surface area (Å²) in [5, 5.41) is 15.7. The Morgan fingerprint density at radius 2 is 1.89 bits per heavy atom. The van der Waals surface area contributed by atoms with E-state index in [0.29, 0.717) is 35.5 Å². The summed E-state index contributed by atoms with van der Waals surface area (Å²) in [6.45, 7) is 6.65. The van der Waals surface area contributed by atoms with Crippen molar-refractivity contribution in [2.24, 2.45) is 11.8 Å². The Bertz CT molecular complexity index is 1440. The van der Waals surface area contributed by atoms with Crippen LogP contribution in [0.1, 0.15) is 38.2 Å². The molecule has 1 aliphatic carbocycles. The van der Waals surface area contributed by atoms with Gasteiger partial charge in [-0.1, -0.05) is 19.9 Å². The van der Waals surface area contributed by atoms with Crippen LogP contribution in [-0.4, -0.2) is 72.3 Å². The number of hydrogen-bond donors (Lipinski definition) is 2. The Kier molecular flexibility index (Phi) is 5.99. The molecule has 3 atom stereocenters. The fourth-order valence-electron chi connectivity index (χ4n) is 6.25. The Labute approximate surface area is 217 Å². The first-order chi connectivity index (χ1) is 17.6. The molecule has 0 spiro atoms. The summed E-state index contributed by atoms with van der Waals surface area (Å²) in [6, 6.07) is 8.55. The Morgan fingerprint density at radius 3 is 2.57 bits per heavy atom. The smallest absolute Gasteiger partial charge is 0.227 e. The van der Waals surface area contributed by atoms with E-state index in [1.165, 1.54) is 11.8 Å². The van der Waals surface area contributed by atoms with E-state index in [-0.39, 0.29) is 17.8 Å². The van der Waals surface area contributed by atoms with Gasteiger partial charge in [-0.2, -0.15) is 4.98 Å². The maximum Gasteiger partial charge on any atom is 0.227 e. The van der Waals surface area contributed by atoms with Gasteiger partial charge >= 0.3 is 0 Å². The molecule has 3 aromatic rings. The number of anilines is 4. The normalized spacial score (nSPS) is 23.8. The van der Waals surface area contributed by atoms with Gasteiger partial charge in [0.15, 0.2) is 0 Å². The Morgan fingerprint density at radius 1 is 1.08 bits per heavy atom. The summed E-state index contributed by atoms with van der Waals surface area (Å²) >= 11 is 0. The van der Waals surface area contributed by atoms with Crippen LogP contribution in [0.25, 0.3) is 10.8 Å². The van der Waals surface area contributed by atoms with Gasteiger partial charge in [0.2, 0.25) is 5.95 Å². The van der Waals surface area contributed by atoms with Crippen LogP contribution in [0, 0.1) is 11.8 Å². The number of aliphatic hydroxyl groups excluding tert-OH is 1. The highest BCUT2D eigenvalue weighted by atomic mass is 32.2. The van der Waals surface area contributed by atoms with Crippen molar-refractivity contribution in [1.29, 1.82) is 0 Å². The predicted molar refractivity (Wildman–Crippen MR) is 146 cm³/mol. The average molecular weight is 523 g/mol. The number of pyridine rings is 1. The highest BCUT2D eigenvalue weighted by molar-refractivity contribution is 7.90. The van der Waals surface area contributed by atoms with E-state index < -0.39 is 9.84 Å². The number of benzene rings is 1. The largest absolute Gasteiger partial charge is 0.393 e. The van der Waals surface area contributed by atoms with Crippen molar-refractivity contribution in [1.82, 2.24) is 15.0 Å². The summed E-state index contributed by atoms with van der Waals surface area (Å²) in [6.07, 6.45) is 6.56. The number of sulfone groups is 1. The molecule has 2 aromatic heterocycles. The van der Waals surface area contributed by atoms with Gasteiger partial charge in [-0.3, -0.25) is 0 Å². The van der Waals surface area contributed by atoms with E-state index in [9.17, 15) is 13.5 Å². The second kappa shape index (κ2) is 9.09. The van der Waals surface area contributed by atoms with Gasteiger partial charge in [-0.05, 0) is 47.9 Å². The van der Waals surface area contributed by atoms with E-state index in [4.69, 9.17) is 9.97 Å². The third-order valence-corrected chi connectivity index (χ3v) is 9.11. The number of piperidine rings is 1. The number of nitrogens with zero attached hydrogens (tertiary/aromatic N) is 5. The lowest BCUT2D eigenvalue weighted by atomic mass is 9.93. The molecule has 1 aromatic carbocycles.